The van der Waals surface area contributed by atoms with Gasteiger partial charge in [-0.2, -0.15) is 0 Å². The molecule has 2 aromatic carbocycles. The van der Waals surface area contributed by atoms with Gasteiger partial charge < -0.3 is 9.64 Å². The van der Waals surface area contributed by atoms with Gasteiger partial charge in [0.2, 0.25) is 0 Å². The van der Waals surface area contributed by atoms with Gasteiger partial charge in [0.1, 0.15) is 12.4 Å². The van der Waals surface area contributed by atoms with Crippen LogP contribution in [0.5, 0.6) is 5.75 Å². The monoisotopic (exact) mass is 432 g/mol. The first-order chi connectivity index (χ1) is 13.9. The van der Waals surface area contributed by atoms with E-state index in [4.69, 9.17) is 4.74 Å². The molecule has 8 heteroatoms. The summed E-state index contributed by atoms with van der Waals surface area (Å²) < 4.78 is 33.7. The second kappa shape index (κ2) is 9.37. The number of sulfonamides is 1. The van der Waals surface area contributed by atoms with E-state index in [1.54, 1.807) is 41.3 Å². The number of nitrogens with one attached hydrogen (secondary N) is 1. The summed E-state index contributed by atoms with van der Waals surface area (Å²) in [6.45, 7) is 5.38. The first-order valence-corrected chi connectivity index (χ1v) is 12.0. The van der Waals surface area contributed by atoms with Gasteiger partial charge in [-0.3, -0.25) is 9.52 Å². The van der Waals surface area contributed by atoms with Crippen LogP contribution in [0.15, 0.2) is 64.9 Å². The highest BCUT2D eigenvalue weighted by Gasteiger charge is 2.24. The fourth-order valence-electron chi connectivity index (χ4n) is 3.10. The number of carbonyl (C=O) groups is 1. The number of benzene rings is 2. The number of hydrogen-bond donors (Lipinski definition) is 1. The van der Waals surface area contributed by atoms with Crippen molar-refractivity contribution in [3.8, 4) is 5.75 Å². The molecule has 0 aliphatic carbocycles. The van der Waals surface area contributed by atoms with Crippen LogP contribution < -0.4 is 9.46 Å². The predicted molar refractivity (Wildman–Crippen MR) is 116 cm³/mol. The van der Waals surface area contributed by atoms with Gasteiger partial charge in [-0.05, 0) is 61.6 Å². The van der Waals surface area contributed by atoms with Crippen molar-refractivity contribution in [2.45, 2.75) is 22.6 Å². The van der Waals surface area contributed by atoms with Crippen molar-refractivity contribution in [1.29, 1.82) is 0 Å². The van der Waals surface area contributed by atoms with Gasteiger partial charge in [0.05, 0.1) is 10.5 Å². The van der Waals surface area contributed by atoms with Crippen LogP contribution in [0.3, 0.4) is 0 Å². The Morgan fingerprint density at radius 2 is 1.90 bits per heavy atom. The molecular weight excluding hydrogens is 408 g/mol. The lowest BCUT2D eigenvalue weighted by molar-refractivity contribution is 0.0789. The molecule has 1 aliphatic rings. The molecule has 1 N–H and O–H groups in total. The van der Waals surface area contributed by atoms with Crippen LogP contribution in [-0.2, 0) is 10.0 Å². The molecule has 0 aromatic heterocycles. The van der Waals surface area contributed by atoms with Crippen LogP contribution in [0.1, 0.15) is 23.2 Å². The Kier molecular flexibility index (Phi) is 6.87. The van der Waals surface area contributed by atoms with E-state index in [0.29, 0.717) is 36.7 Å². The highest BCUT2D eigenvalue weighted by molar-refractivity contribution is 7.98. The molecule has 29 heavy (non-hydrogen) atoms. The van der Waals surface area contributed by atoms with Crippen LogP contribution >= 0.6 is 11.8 Å². The third-order valence-electron chi connectivity index (χ3n) is 4.58. The highest BCUT2D eigenvalue weighted by atomic mass is 32.2. The smallest absolute Gasteiger partial charge is 0.261 e. The standard InChI is InChI=1S/C21H24N2O4S2/c1-3-14-27-17-8-6-16(7-9-17)22-29(25,26)18-10-11-20(28-2)19(15-18)21(24)23-12-4-5-13-23/h3,6-11,15,22H,1,4-5,12-14H2,2H3. The average Bonchev–Trinajstić information content (AvgIpc) is 3.27. The Morgan fingerprint density at radius 1 is 1.21 bits per heavy atom. The molecule has 0 radical (unpaired) electrons. The first kappa shape index (κ1) is 21.3. The number of ether oxygens (including phenoxy) is 1. The SMILES string of the molecule is C=CCOc1ccc(NS(=O)(=O)c2ccc(SC)c(C(=O)N3CCCC3)c2)cc1. The number of thioether (sulfide) groups is 1. The molecule has 1 aliphatic heterocycles. The van der Waals surface area contributed by atoms with Crippen molar-refractivity contribution < 1.29 is 17.9 Å². The zero-order valence-electron chi connectivity index (χ0n) is 16.3. The summed E-state index contributed by atoms with van der Waals surface area (Å²) in [5.41, 5.74) is 0.841. The molecule has 3 rings (SSSR count). The molecule has 1 saturated heterocycles. The van der Waals surface area contributed by atoms with Crippen LogP contribution in [0, 0.1) is 0 Å². The lowest BCUT2D eigenvalue weighted by Gasteiger charge is -2.18. The molecular formula is C21H24N2O4S2. The third kappa shape index (κ3) is 5.13. The second-order valence-corrected chi connectivity index (χ2v) is 9.12. The highest BCUT2D eigenvalue weighted by Crippen LogP contribution is 2.27. The van der Waals surface area contributed by atoms with Gasteiger partial charge >= 0.3 is 0 Å². The number of hydrogen-bond acceptors (Lipinski definition) is 5. The van der Waals surface area contributed by atoms with E-state index in [-0.39, 0.29) is 10.8 Å². The average molecular weight is 433 g/mol. The number of rotatable bonds is 8. The summed E-state index contributed by atoms with van der Waals surface area (Å²) in [5, 5.41) is 0. The fourth-order valence-corrected chi connectivity index (χ4v) is 4.76. The van der Waals surface area contributed by atoms with Gasteiger partial charge in [0.25, 0.3) is 15.9 Å². The molecule has 0 atom stereocenters. The molecule has 0 unspecified atom stereocenters. The molecule has 1 amide bonds. The number of likely N-dealkylation sites (tertiary alicyclic amines) is 1. The fraction of sp³-hybridized carbons (Fsp3) is 0.286. The predicted octanol–water partition coefficient (Wildman–Crippen LogP) is 4.01. The third-order valence-corrected chi connectivity index (χ3v) is 6.75. The Hall–Kier alpha value is -2.45. The van der Waals surface area contributed by atoms with Crippen LogP contribution in [-0.4, -0.2) is 45.2 Å². The maximum Gasteiger partial charge on any atom is 0.261 e. The Balaban J connectivity index is 1.83. The van der Waals surface area contributed by atoms with Crippen LogP contribution in [0.2, 0.25) is 0 Å². The van der Waals surface area contributed by atoms with Crippen LogP contribution in [0.25, 0.3) is 0 Å². The maximum absolute atomic E-state index is 12.9. The van der Waals surface area contributed by atoms with E-state index in [1.807, 2.05) is 6.26 Å². The Bertz CT molecular complexity index is 982. The van der Waals surface area contributed by atoms with Gasteiger partial charge in [-0.25, -0.2) is 8.42 Å². The Labute approximate surface area is 176 Å². The molecule has 0 saturated carbocycles. The van der Waals surface area contributed by atoms with Gasteiger partial charge in [0, 0.05) is 23.7 Å². The molecule has 2 aromatic rings. The van der Waals surface area contributed by atoms with E-state index < -0.39 is 10.0 Å². The van der Waals surface area contributed by atoms with Crippen molar-refractivity contribution in [2.75, 3.05) is 30.7 Å². The number of anilines is 1. The maximum atomic E-state index is 12.9. The van der Waals surface area contributed by atoms with Crippen molar-refractivity contribution in [1.82, 2.24) is 4.90 Å². The normalized spacial score (nSPS) is 13.9. The molecule has 1 fully saturated rings. The van der Waals surface area contributed by atoms with Crippen molar-refractivity contribution >= 4 is 33.4 Å². The summed E-state index contributed by atoms with van der Waals surface area (Å²) >= 11 is 1.43. The van der Waals surface area contributed by atoms with E-state index in [9.17, 15) is 13.2 Å². The number of nitrogens with zero attached hydrogens (tertiary/aromatic N) is 1. The first-order valence-electron chi connectivity index (χ1n) is 9.28. The van der Waals surface area contributed by atoms with Crippen molar-refractivity contribution in [3.05, 3.63) is 60.7 Å². The quantitative estimate of drug-likeness (QED) is 0.504. The lowest BCUT2D eigenvalue weighted by atomic mass is 10.2. The molecule has 154 valence electrons. The van der Waals surface area contributed by atoms with Gasteiger partial charge in [-0.1, -0.05) is 12.7 Å². The zero-order chi connectivity index (χ0) is 20.9. The van der Waals surface area contributed by atoms with Crippen LogP contribution in [0.4, 0.5) is 5.69 Å². The van der Waals surface area contributed by atoms with E-state index >= 15 is 0 Å². The number of carbonyl (C=O) groups excluding carboxylic acids is 1. The topological polar surface area (TPSA) is 75.7 Å². The van der Waals surface area contributed by atoms with Crippen molar-refractivity contribution in [3.63, 3.8) is 0 Å². The summed E-state index contributed by atoms with van der Waals surface area (Å²) in [4.78, 5) is 15.5. The Morgan fingerprint density at radius 3 is 2.52 bits per heavy atom. The molecule has 0 spiro atoms. The van der Waals surface area contributed by atoms with Crippen molar-refractivity contribution in [2.24, 2.45) is 0 Å². The molecule has 6 nitrogen and oxygen atoms in total. The molecule has 0 bridgehead atoms. The summed E-state index contributed by atoms with van der Waals surface area (Å²) in [5.74, 6) is 0.503. The molecule has 1 heterocycles. The van der Waals surface area contributed by atoms with Gasteiger partial charge in [0.15, 0.2) is 0 Å². The second-order valence-electron chi connectivity index (χ2n) is 6.59. The largest absolute Gasteiger partial charge is 0.490 e. The van der Waals surface area contributed by atoms with Gasteiger partial charge in [-0.15, -0.1) is 11.8 Å². The minimum Gasteiger partial charge on any atom is -0.490 e. The zero-order valence-corrected chi connectivity index (χ0v) is 17.9. The van der Waals surface area contributed by atoms with E-state index in [1.165, 1.54) is 23.9 Å². The lowest BCUT2D eigenvalue weighted by Crippen LogP contribution is -2.28. The van der Waals surface area contributed by atoms with E-state index in [0.717, 1.165) is 17.7 Å². The summed E-state index contributed by atoms with van der Waals surface area (Å²) in [6.07, 6.45) is 5.47. The minimum atomic E-state index is -3.83. The summed E-state index contributed by atoms with van der Waals surface area (Å²) in [7, 11) is -3.83. The summed E-state index contributed by atoms with van der Waals surface area (Å²) in [6, 6.07) is 11.3. The minimum absolute atomic E-state index is 0.0600. The number of amides is 1. The van der Waals surface area contributed by atoms with E-state index in [2.05, 4.69) is 11.3 Å².